The summed E-state index contributed by atoms with van der Waals surface area (Å²) in [5.74, 6) is 0. The van der Waals surface area contributed by atoms with Crippen LogP contribution < -0.4 is 5.32 Å². The molecule has 0 aromatic rings. The topological polar surface area (TPSA) is 24.4 Å². The summed E-state index contributed by atoms with van der Waals surface area (Å²) in [6.45, 7) is 12.0. The summed E-state index contributed by atoms with van der Waals surface area (Å²) in [6, 6.07) is 0. The van der Waals surface area contributed by atoms with Gasteiger partial charge in [-0.3, -0.25) is 4.99 Å². The van der Waals surface area contributed by atoms with Crippen LogP contribution in [-0.4, -0.2) is 12.8 Å². The van der Waals surface area contributed by atoms with E-state index in [9.17, 15) is 0 Å². The van der Waals surface area contributed by atoms with Crippen LogP contribution in [0.15, 0.2) is 29.5 Å². The summed E-state index contributed by atoms with van der Waals surface area (Å²) >= 11 is 0. The first-order chi connectivity index (χ1) is 5.91. The van der Waals surface area contributed by atoms with Crippen molar-refractivity contribution < 1.29 is 0 Å². The Balaban J connectivity index is 4.85. The maximum absolute atomic E-state index is 4.45. The van der Waals surface area contributed by atoms with Gasteiger partial charge >= 0.3 is 0 Å². The number of hydrogen-bond donors (Lipinski definition) is 1. The second kappa shape index (κ2) is 4.85. The lowest BCUT2D eigenvalue weighted by molar-refractivity contribution is 0.495. The molecule has 0 fully saturated rings. The lowest BCUT2D eigenvalue weighted by atomic mass is 9.92. The summed E-state index contributed by atoms with van der Waals surface area (Å²) in [4.78, 5) is 4.45. The van der Waals surface area contributed by atoms with Crippen LogP contribution in [0.2, 0.25) is 0 Å². The van der Waals surface area contributed by atoms with Crippen LogP contribution in [0.3, 0.4) is 0 Å². The SMILES string of the molecule is C=CC(C)=N/C(=C\NC)C(C)(C)C. The largest absolute Gasteiger partial charge is 0.392 e. The summed E-state index contributed by atoms with van der Waals surface area (Å²) in [7, 11) is 1.88. The van der Waals surface area contributed by atoms with Crippen molar-refractivity contribution in [3.63, 3.8) is 0 Å². The molecule has 0 amide bonds. The van der Waals surface area contributed by atoms with Crippen molar-refractivity contribution in [1.29, 1.82) is 0 Å². The van der Waals surface area contributed by atoms with Gasteiger partial charge in [-0.1, -0.05) is 27.4 Å². The molecule has 0 aromatic carbocycles. The zero-order chi connectivity index (χ0) is 10.5. The van der Waals surface area contributed by atoms with E-state index in [-0.39, 0.29) is 5.41 Å². The monoisotopic (exact) mass is 180 g/mol. The number of nitrogens with one attached hydrogen (secondary N) is 1. The van der Waals surface area contributed by atoms with Crippen molar-refractivity contribution in [2.24, 2.45) is 10.4 Å². The molecule has 13 heavy (non-hydrogen) atoms. The molecule has 0 aromatic heterocycles. The summed E-state index contributed by atoms with van der Waals surface area (Å²) < 4.78 is 0. The second-order valence-corrected chi connectivity index (χ2v) is 4.03. The molecular formula is C11H20N2. The summed E-state index contributed by atoms with van der Waals surface area (Å²) in [5.41, 5.74) is 2.04. The summed E-state index contributed by atoms with van der Waals surface area (Å²) in [5, 5.41) is 3.00. The minimum Gasteiger partial charge on any atom is -0.392 e. The highest BCUT2D eigenvalue weighted by atomic mass is 14.9. The summed E-state index contributed by atoms with van der Waals surface area (Å²) in [6.07, 6.45) is 3.68. The minimum atomic E-state index is 0.0628. The average Bonchev–Trinajstić information content (AvgIpc) is 2.01. The normalized spacial score (nSPS) is 14.2. The Kier molecular flexibility index (Phi) is 4.46. The fourth-order valence-corrected chi connectivity index (χ4v) is 0.789. The highest BCUT2D eigenvalue weighted by Crippen LogP contribution is 2.25. The molecule has 0 aliphatic heterocycles. The van der Waals surface area contributed by atoms with Crippen molar-refractivity contribution in [3.8, 4) is 0 Å². The van der Waals surface area contributed by atoms with E-state index in [1.807, 2.05) is 20.2 Å². The molecule has 0 aliphatic carbocycles. The molecule has 0 heterocycles. The molecule has 0 aliphatic rings. The van der Waals surface area contributed by atoms with Gasteiger partial charge in [0.25, 0.3) is 0 Å². The molecule has 0 saturated carbocycles. The third-order valence-corrected chi connectivity index (χ3v) is 1.64. The lowest BCUT2D eigenvalue weighted by Crippen LogP contribution is -2.12. The predicted octanol–water partition coefficient (Wildman–Crippen LogP) is 2.74. The van der Waals surface area contributed by atoms with Gasteiger partial charge in [0.1, 0.15) is 0 Å². The van der Waals surface area contributed by atoms with Crippen LogP contribution in [0.4, 0.5) is 0 Å². The van der Waals surface area contributed by atoms with Gasteiger partial charge < -0.3 is 5.32 Å². The Morgan fingerprint density at radius 2 is 1.92 bits per heavy atom. The van der Waals surface area contributed by atoms with Gasteiger partial charge in [-0.05, 0) is 13.0 Å². The van der Waals surface area contributed by atoms with Crippen molar-refractivity contribution in [1.82, 2.24) is 5.32 Å². The maximum Gasteiger partial charge on any atom is 0.0616 e. The smallest absolute Gasteiger partial charge is 0.0616 e. The van der Waals surface area contributed by atoms with E-state index in [0.29, 0.717) is 0 Å². The van der Waals surface area contributed by atoms with Crippen molar-refractivity contribution >= 4 is 5.71 Å². The quantitative estimate of drug-likeness (QED) is 0.663. The van der Waals surface area contributed by atoms with Gasteiger partial charge in [0, 0.05) is 24.4 Å². The van der Waals surface area contributed by atoms with Gasteiger partial charge in [0.05, 0.1) is 5.70 Å². The third-order valence-electron chi connectivity index (χ3n) is 1.64. The number of hydrogen-bond acceptors (Lipinski definition) is 2. The second-order valence-electron chi connectivity index (χ2n) is 4.03. The first-order valence-electron chi connectivity index (χ1n) is 4.47. The Labute approximate surface area is 81.5 Å². The zero-order valence-corrected chi connectivity index (χ0v) is 9.31. The zero-order valence-electron chi connectivity index (χ0n) is 9.31. The van der Waals surface area contributed by atoms with Gasteiger partial charge in [-0.15, -0.1) is 0 Å². The molecule has 2 heteroatoms. The first kappa shape index (κ1) is 11.9. The highest BCUT2D eigenvalue weighted by Gasteiger charge is 2.15. The van der Waals surface area contributed by atoms with Crippen LogP contribution in [0.5, 0.6) is 0 Å². The Bertz CT molecular complexity index is 229. The standard InChI is InChI=1S/C11H20N2/c1-7-9(2)13-10(8-12-6)11(3,4)5/h7-8,12H,1H2,2-6H3/b10-8-,13-9?. The molecule has 1 N–H and O–H groups in total. The first-order valence-corrected chi connectivity index (χ1v) is 4.47. The average molecular weight is 180 g/mol. The molecule has 0 saturated heterocycles. The van der Waals surface area contributed by atoms with Gasteiger partial charge in [-0.25, -0.2) is 0 Å². The maximum atomic E-state index is 4.45. The predicted molar refractivity (Wildman–Crippen MR) is 59.9 cm³/mol. The van der Waals surface area contributed by atoms with E-state index >= 15 is 0 Å². The Morgan fingerprint density at radius 1 is 1.38 bits per heavy atom. The van der Waals surface area contributed by atoms with Crippen molar-refractivity contribution in [3.05, 3.63) is 24.6 Å². The van der Waals surface area contributed by atoms with E-state index in [2.05, 4.69) is 37.7 Å². The van der Waals surface area contributed by atoms with Gasteiger partial charge in [0.15, 0.2) is 0 Å². The molecular weight excluding hydrogens is 160 g/mol. The molecule has 0 bridgehead atoms. The van der Waals surface area contributed by atoms with E-state index < -0.39 is 0 Å². The molecule has 74 valence electrons. The molecule has 0 rings (SSSR count). The van der Waals surface area contributed by atoms with E-state index in [4.69, 9.17) is 0 Å². The van der Waals surface area contributed by atoms with E-state index in [1.54, 1.807) is 6.08 Å². The van der Waals surface area contributed by atoms with Crippen LogP contribution in [0, 0.1) is 5.41 Å². The number of nitrogens with zero attached hydrogens (tertiary/aromatic N) is 1. The van der Waals surface area contributed by atoms with E-state index in [1.165, 1.54) is 0 Å². The number of aliphatic imine (C=N–C) groups is 1. The molecule has 2 nitrogen and oxygen atoms in total. The highest BCUT2D eigenvalue weighted by molar-refractivity contribution is 5.93. The number of allylic oxidation sites excluding steroid dienone is 2. The molecule has 0 radical (unpaired) electrons. The lowest BCUT2D eigenvalue weighted by Gasteiger charge is -2.19. The third kappa shape index (κ3) is 4.51. The van der Waals surface area contributed by atoms with Crippen molar-refractivity contribution in [2.75, 3.05) is 7.05 Å². The molecule has 0 atom stereocenters. The van der Waals surface area contributed by atoms with Gasteiger partial charge in [-0.2, -0.15) is 0 Å². The minimum absolute atomic E-state index is 0.0628. The molecule has 0 spiro atoms. The van der Waals surface area contributed by atoms with Crippen molar-refractivity contribution in [2.45, 2.75) is 27.7 Å². The van der Waals surface area contributed by atoms with Crippen LogP contribution in [0.1, 0.15) is 27.7 Å². The van der Waals surface area contributed by atoms with Gasteiger partial charge in [0.2, 0.25) is 0 Å². The van der Waals surface area contributed by atoms with Crippen LogP contribution in [0.25, 0.3) is 0 Å². The fourth-order valence-electron chi connectivity index (χ4n) is 0.789. The van der Waals surface area contributed by atoms with Crippen LogP contribution >= 0.6 is 0 Å². The molecule has 0 unspecified atom stereocenters. The Morgan fingerprint density at radius 3 is 2.23 bits per heavy atom. The van der Waals surface area contributed by atoms with Crippen LogP contribution in [-0.2, 0) is 0 Å². The Hall–Kier alpha value is -1.05. The number of rotatable bonds is 3. The van der Waals surface area contributed by atoms with E-state index in [0.717, 1.165) is 11.4 Å². The fraction of sp³-hybridized carbons (Fsp3) is 0.545.